The first-order valence-corrected chi connectivity index (χ1v) is 17.8. The Labute approximate surface area is 290 Å². The smallest absolute Gasteiger partial charge is 0.137 e. The summed E-state index contributed by atoms with van der Waals surface area (Å²) >= 11 is 0. The Kier molecular flexibility index (Phi) is 5.43. The third-order valence-electron chi connectivity index (χ3n) is 12.1. The number of hydrogen-bond acceptors (Lipinski definition) is 2. The fourth-order valence-electron chi connectivity index (χ4n) is 9.97. The lowest BCUT2D eigenvalue weighted by Gasteiger charge is -2.51. The van der Waals surface area contributed by atoms with Crippen molar-refractivity contribution in [1.29, 1.82) is 0 Å². The summed E-state index contributed by atoms with van der Waals surface area (Å²) in [5.74, 6) is 0.544. The third-order valence-corrected chi connectivity index (χ3v) is 12.1. The number of nitrogens with zero attached hydrogens (tertiary/aromatic N) is 1. The molecule has 240 valence electrons. The van der Waals surface area contributed by atoms with Crippen molar-refractivity contribution in [3.63, 3.8) is 0 Å². The zero-order valence-corrected chi connectivity index (χ0v) is 28.4. The first kappa shape index (κ1) is 28.1. The van der Waals surface area contributed by atoms with E-state index >= 15 is 0 Å². The topological polar surface area (TPSA) is 30.1 Å². The zero-order valence-electron chi connectivity index (χ0n) is 28.4. The van der Waals surface area contributed by atoms with Gasteiger partial charge in [-0.25, -0.2) is 0 Å². The molecule has 0 radical (unpaired) electrons. The number of benzene rings is 6. The Bertz CT molecular complexity index is 2800. The van der Waals surface area contributed by atoms with E-state index in [1.54, 1.807) is 0 Å². The summed E-state index contributed by atoms with van der Waals surface area (Å²) in [5.41, 5.74) is 11.6. The van der Waals surface area contributed by atoms with Crippen LogP contribution in [0.3, 0.4) is 0 Å². The van der Waals surface area contributed by atoms with Gasteiger partial charge in [0.1, 0.15) is 11.2 Å². The molecule has 6 aromatic carbocycles. The predicted molar refractivity (Wildman–Crippen MR) is 209 cm³/mol. The molecule has 0 saturated heterocycles. The van der Waals surface area contributed by atoms with Crippen LogP contribution in [-0.2, 0) is 5.41 Å². The largest absolute Gasteiger partial charge is 0.456 e. The van der Waals surface area contributed by atoms with Crippen molar-refractivity contribution >= 4 is 60.2 Å². The summed E-state index contributed by atoms with van der Waals surface area (Å²) < 4.78 is 9.01. The van der Waals surface area contributed by atoms with Gasteiger partial charge in [-0.2, -0.15) is 0 Å². The van der Waals surface area contributed by atoms with Gasteiger partial charge in [-0.1, -0.05) is 110 Å². The van der Waals surface area contributed by atoms with Crippen LogP contribution in [-0.4, -0.2) is 10.1 Å². The molecule has 2 aromatic heterocycles. The summed E-state index contributed by atoms with van der Waals surface area (Å²) in [6.45, 7) is 7.15. The summed E-state index contributed by atoms with van der Waals surface area (Å²) in [6, 6.07) is 44.1. The van der Waals surface area contributed by atoms with Crippen LogP contribution in [0.2, 0.25) is 0 Å². The molecule has 2 heterocycles. The van der Waals surface area contributed by atoms with E-state index in [9.17, 15) is 0 Å². The van der Waals surface area contributed by atoms with Crippen molar-refractivity contribution in [3.05, 3.63) is 168 Å². The molecule has 0 saturated carbocycles. The van der Waals surface area contributed by atoms with E-state index in [0.717, 1.165) is 33.3 Å². The van der Waals surface area contributed by atoms with Gasteiger partial charge in [0.25, 0.3) is 0 Å². The van der Waals surface area contributed by atoms with Gasteiger partial charge in [0.05, 0.1) is 22.0 Å². The number of rotatable bonds is 3. The highest BCUT2D eigenvalue weighted by molar-refractivity contribution is 6.13. The molecule has 50 heavy (non-hydrogen) atoms. The Balaban J connectivity index is 1.07. The van der Waals surface area contributed by atoms with Gasteiger partial charge in [0.2, 0.25) is 0 Å². The minimum Gasteiger partial charge on any atom is -0.456 e. The van der Waals surface area contributed by atoms with Crippen molar-refractivity contribution in [1.82, 2.24) is 4.57 Å². The fraction of sp³-hybridized carbons (Fsp3) is 0.149. The maximum absolute atomic E-state index is 6.66. The van der Waals surface area contributed by atoms with Crippen LogP contribution < -0.4 is 5.32 Å². The molecule has 3 nitrogen and oxygen atoms in total. The van der Waals surface area contributed by atoms with Crippen molar-refractivity contribution in [3.8, 4) is 5.69 Å². The number of fused-ring (bicyclic) bond motifs is 8. The summed E-state index contributed by atoms with van der Waals surface area (Å²) in [7, 11) is 0. The lowest BCUT2D eigenvalue weighted by Crippen LogP contribution is -2.46. The van der Waals surface area contributed by atoms with E-state index < -0.39 is 5.54 Å². The highest BCUT2D eigenvalue weighted by atomic mass is 16.3. The molecular weight excluding hydrogens is 609 g/mol. The molecule has 0 spiro atoms. The van der Waals surface area contributed by atoms with Crippen molar-refractivity contribution in [2.75, 3.05) is 5.32 Å². The molecule has 3 aliphatic rings. The first-order chi connectivity index (χ1) is 24.4. The molecule has 8 aromatic rings. The molecule has 0 amide bonds. The van der Waals surface area contributed by atoms with Gasteiger partial charge in [-0.15, -0.1) is 0 Å². The number of anilines is 1. The lowest BCUT2D eigenvalue weighted by atomic mass is 9.55. The van der Waals surface area contributed by atoms with E-state index in [1.807, 2.05) is 0 Å². The second kappa shape index (κ2) is 9.67. The number of furan rings is 1. The molecule has 4 atom stereocenters. The third kappa shape index (κ3) is 3.54. The molecule has 0 aliphatic heterocycles. The van der Waals surface area contributed by atoms with Crippen LogP contribution in [0.25, 0.3) is 60.2 Å². The minimum absolute atomic E-state index is 0.175. The van der Waals surface area contributed by atoms with Crippen LogP contribution in [0.4, 0.5) is 5.69 Å². The van der Waals surface area contributed by atoms with Gasteiger partial charge >= 0.3 is 0 Å². The van der Waals surface area contributed by atoms with Crippen LogP contribution >= 0.6 is 0 Å². The van der Waals surface area contributed by atoms with Gasteiger partial charge in [-0.05, 0) is 89.2 Å². The van der Waals surface area contributed by atoms with Gasteiger partial charge in [-0.3, -0.25) is 0 Å². The van der Waals surface area contributed by atoms with E-state index in [-0.39, 0.29) is 11.3 Å². The molecule has 0 fully saturated rings. The molecule has 11 rings (SSSR count). The van der Waals surface area contributed by atoms with E-state index in [2.05, 4.69) is 176 Å². The van der Waals surface area contributed by atoms with Crippen LogP contribution in [0.1, 0.15) is 37.8 Å². The van der Waals surface area contributed by atoms with Crippen molar-refractivity contribution < 1.29 is 4.42 Å². The van der Waals surface area contributed by atoms with E-state index in [1.165, 1.54) is 54.9 Å². The van der Waals surface area contributed by atoms with Gasteiger partial charge in [0, 0.05) is 44.9 Å². The maximum atomic E-state index is 6.66. The van der Waals surface area contributed by atoms with Crippen molar-refractivity contribution in [2.45, 2.75) is 37.6 Å². The second-order valence-electron chi connectivity index (χ2n) is 14.9. The van der Waals surface area contributed by atoms with Crippen molar-refractivity contribution in [2.24, 2.45) is 5.92 Å². The standard InChI is InChI=1S/C47H36N2O/c1-28-23-25-46(2)36-16-9-12-29-11-8-15-33(42(29)36)34-24-26-47(3,44(28)45(34)46)48-37-17-10-20-40-43(37)35-22-21-30(27-41(35)50-40)49-38-18-6-4-13-31(38)32-14-5-7-19-39(32)49/h4-28,34,48H,1-3H3. The Hall–Kier alpha value is -5.80. The number of nitrogens with one attached hydrogen (secondary N) is 1. The monoisotopic (exact) mass is 644 g/mol. The number of hydrogen-bond donors (Lipinski definition) is 1. The lowest BCUT2D eigenvalue weighted by molar-refractivity contribution is 0.526. The highest BCUT2D eigenvalue weighted by Gasteiger charge is 2.49. The zero-order chi connectivity index (χ0) is 33.4. The quantitative estimate of drug-likeness (QED) is 0.194. The predicted octanol–water partition coefficient (Wildman–Crippen LogP) is 12.1. The number of para-hydroxylation sites is 2. The minimum atomic E-state index is -0.391. The molecule has 1 N–H and O–H groups in total. The van der Waals surface area contributed by atoms with Crippen LogP contribution in [0.5, 0.6) is 0 Å². The molecular formula is C47H36N2O. The molecule has 3 aliphatic carbocycles. The van der Waals surface area contributed by atoms with Crippen LogP contribution in [0.15, 0.2) is 161 Å². The molecule has 3 heteroatoms. The average molecular weight is 645 g/mol. The normalized spacial score (nSPS) is 23.8. The highest BCUT2D eigenvalue weighted by Crippen LogP contribution is 2.58. The first-order valence-electron chi connectivity index (χ1n) is 17.8. The molecule has 4 unspecified atom stereocenters. The second-order valence-corrected chi connectivity index (χ2v) is 14.9. The fourth-order valence-corrected chi connectivity index (χ4v) is 9.97. The maximum Gasteiger partial charge on any atom is 0.137 e. The Morgan fingerprint density at radius 1 is 0.640 bits per heavy atom. The summed E-state index contributed by atoms with van der Waals surface area (Å²) in [4.78, 5) is 0. The summed E-state index contributed by atoms with van der Waals surface area (Å²) in [5, 5.41) is 11.6. The summed E-state index contributed by atoms with van der Waals surface area (Å²) in [6.07, 6.45) is 9.81. The van der Waals surface area contributed by atoms with E-state index in [4.69, 9.17) is 4.42 Å². The number of aromatic nitrogens is 1. The average Bonchev–Trinajstić information content (AvgIpc) is 3.68. The van der Waals surface area contributed by atoms with Crippen LogP contribution in [0, 0.1) is 5.92 Å². The Morgan fingerprint density at radius 3 is 2.18 bits per heavy atom. The molecule has 0 bridgehead atoms. The van der Waals surface area contributed by atoms with Gasteiger partial charge < -0.3 is 14.3 Å². The Morgan fingerprint density at radius 2 is 1.38 bits per heavy atom. The number of allylic oxidation sites excluding steroid dienone is 4. The van der Waals surface area contributed by atoms with Gasteiger partial charge in [0.15, 0.2) is 0 Å². The SMILES string of the molecule is CC1C=CC2(C)C3=C1C(C)(Nc1cccc4oc5cc(-n6c7ccccc7c7ccccc76)ccc5c14)C=CC3c1cccc3cccc2c13. The van der Waals surface area contributed by atoms with E-state index in [0.29, 0.717) is 5.92 Å².